The van der Waals surface area contributed by atoms with Gasteiger partial charge >= 0.3 is 0 Å². The van der Waals surface area contributed by atoms with Crippen molar-refractivity contribution < 1.29 is 17.6 Å². The summed E-state index contributed by atoms with van der Waals surface area (Å²) in [6.07, 6.45) is 3.11. The van der Waals surface area contributed by atoms with E-state index < -0.39 is 21.4 Å². The zero-order valence-corrected chi connectivity index (χ0v) is 11.8. The van der Waals surface area contributed by atoms with Crippen LogP contribution in [0, 0.1) is 5.82 Å². The van der Waals surface area contributed by atoms with Gasteiger partial charge in [0.1, 0.15) is 5.82 Å². The number of hydrogen-bond acceptors (Lipinski definition) is 3. The molecule has 0 amide bonds. The second-order valence-electron chi connectivity index (χ2n) is 5.44. The fraction of sp³-hybridized carbons (Fsp3) is 0.500. The van der Waals surface area contributed by atoms with Gasteiger partial charge in [0.2, 0.25) is 10.0 Å². The van der Waals surface area contributed by atoms with E-state index in [1.165, 1.54) is 16.4 Å². The number of carbonyl (C=O) groups excluding carboxylic acids is 1. The first kappa shape index (κ1) is 13.7. The lowest BCUT2D eigenvalue weighted by Gasteiger charge is -2.32. The maximum Gasteiger partial charge on any atom is 0.243 e. The van der Waals surface area contributed by atoms with Crippen LogP contribution in [-0.2, 0) is 14.8 Å². The summed E-state index contributed by atoms with van der Waals surface area (Å²) < 4.78 is 39.7. The van der Waals surface area contributed by atoms with Crippen molar-refractivity contribution >= 4 is 15.8 Å². The second kappa shape index (κ2) is 4.63. The van der Waals surface area contributed by atoms with Crippen LogP contribution in [0.1, 0.15) is 32.1 Å². The Hall–Kier alpha value is -1.27. The second-order valence-corrected chi connectivity index (χ2v) is 7.31. The number of benzene rings is 1. The molecule has 1 spiro atoms. The highest BCUT2D eigenvalue weighted by molar-refractivity contribution is 7.89. The summed E-state index contributed by atoms with van der Waals surface area (Å²) in [6.45, 7) is 0.367. The molecule has 108 valence electrons. The minimum absolute atomic E-state index is 0.0284. The summed E-state index contributed by atoms with van der Waals surface area (Å²) in [5.74, 6) is -0.447. The third kappa shape index (κ3) is 1.90. The first-order valence-corrected chi connectivity index (χ1v) is 8.23. The number of nitrogens with zero attached hydrogens (tertiary/aromatic N) is 1. The van der Waals surface area contributed by atoms with E-state index in [4.69, 9.17) is 0 Å². The van der Waals surface area contributed by atoms with Gasteiger partial charge in [-0.15, -0.1) is 0 Å². The van der Waals surface area contributed by atoms with E-state index >= 15 is 0 Å². The third-order valence-electron chi connectivity index (χ3n) is 4.34. The van der Waals surface area contributed by atoms with E-state index in [-0.39, 0.29) is 10.7 Å². The molecule has 1 heterocycles. The Morgan fingerprint density at radius 1 is 1.10 bits per heavy atom. The van der Waals surface area contributed by atoms with Gasteiger partial charge < -0.3 is 0 Å². The van der Waals surface area contributed by atoms with E-state index in [0.29, 0.717) is 32.2 Å². The zero-order valence-electron chi connectivity index (χ0n) is 11.0. The molecular formula is C14H16FNO3S. The molecule has 0 aromatic heterocycles. The molecule has 2 aliphatic rings. The van der Waals surface area contributed by atoms with E-state index in [1.807, 2.05) is 0 Å². The summed E-state index contributed by atoms with van der Waals surface area (Å²) in [5.41, 5.74) is -0.840. The van der Waals surface area contributed by atoms with Gasteiger partial charge in [-0.05, 0) is 49.9 Å². The fourth-order valence-electron chi connectivity index (χ4n) is 3.38. The van der Waals surface area contributed by atoms with Gasteiger partial charge in [0.25, 0.3) is 0 Å². The quantitative estimate of drug-likeness (QED) is 0.840. The van der Waals surface area contributed by atoms with E-state index in [9.17, 15) is 17.6 Å². The molecule has 1 aromatic carbocycles. The van der Waals surface area contributed by atoms with Crippen LogP contribution in [0.5, 0.6) is 0 Å². The van der Waals surface area contributed by atoms with Gasteiger partial charge in [-0.3, -0.25) is 4.79 Å². The number of carbonyl (C=O) groups is 1. The average Bonchev–Trinajstić information content (AvgIpc) is 2.99. The molecule has 1 aromatic rings. The van der Waals surface area contributed by atoms with Crippen molar-refractivity contribution in [1.82, 2.24) is 4.31 Å². The van der Waals surface area contributed by atoms with Crippen LogP contribution in [-0.4, -0.2) is 30.6 Å². The van der Waals surface area contributed by atoms with Crippen LogP contribution in [0.4, 0.5) is 4.39 Å². The smallest absolute Gasteiger partial charge is 0.243 e. The monoisotopic (exact) mass is 297 g/mol. The highest BCUT2D eigenvalue weighted by Crippen LogP contribution is 2.43. The van der Waals surface area contributed by atoms with Crippen LogP contribution in [0.3, 0.4) is 0 Å². The molecule has 0 radical (unpaired) electrons. The van der Waals surface area contributed by atoms with Gasteiger partial charge in [-0.2, -0.15) is 4.31 Å². The lowest BCUT2D eigenvalue weighted by Crippen LogP contribution is -2.50. The molecule has 1 aliphatic heterocycles. The summed E-state index contributed by atoms with van der Waals surface area (Å²) in [5, 5.41) is 0. The molecule has 20 heavy (non-hydrogen) atoms. The Morgan fingerprint density at radius 3 is 2.35 bits per heavy atom. The largest absolute Gasteiger partial charge is 0.298 e. The molecule has 1 saturated heterocycles. The highest BCUT2D eigenvalue weighted by atomic mass is 32.2. The Labute approximate surface area is 117 Å². The van der Waals surface area contributed by atoms with Crippen LogP contribution >= 0.6 is 0 Å². The van der Waals surface area contributed by atoms with Crippen molar-refractivity contribution in [3.05, 3.63) is 30.1 Å². The molecule has 2 fully saturated rings. The van der Waals surface area contributed by atoms with Crippen LogP contribution in [0.25, 0.3) is 0 Å². The molecule has 1 atom stereocenters. The lowest BCUT2D eigenvalue weighted by molar-refractivity contribution is -0.124. The minimum Gasteiger partial charge on any atom is -0.298 e. The van der Waals surface area contributed by atoms with Crippen molar-refractivity contribution in [3.63, 3.8) is 0 Å². The highest BCUT2D eigenvalue weighted by Gasteiger charge is 2.54. The van der Waals surface area contributed by atoms with Gasteiger partial charge in [-0.1, -0.05) is 0 Å². The van der Waals surface area contributed by atoms with Crippen LogP contribution in [0.15, 0.2) is 29.2 Å². The number of halogens is 1. The first-order chi connectivity index (χ1) is 9.47. The summed E-state index contributed by atoms with van der Waals surface area (Å²) in [4.78, 5) is 12.2. The third-order valence-corrected chi connectivity index (χ3v) is 6.32. The van der Waals surface area contributed by atoms with Crippen LogP contribution in [0.2, 0.25) is 0 Å². The Kier molecular flexibility index (Phi) is 3.17. The van der Waals surface area contributed by atoms with Gasteiger partial charge in [0.15, 0.2) is 5.78 Å². The first-order valence-electron chi connectivity index (χ1n) is 6.78. The van der Waals surface area contributed by atoms with E-state index in [1.54, 1.807) is 0 Å². The molecule has 6 heteroatoms. The van der Waals surface area contributed by atoms with Crippen molar-refractivity contribution in [2.24, 2.45) is 0 Å². The normalized spacial score (nSPS) is 27.6. The van der Waals surface area contributed by atoms with Crippen molar-refractivity contribution in [1.29, 1.82) is 0 Å². The number of rotatable bonds is 2. The van der Waals surface area contributed by atoms with E-state index in [0.717, 1.165) is 18.6 Å². The molecule has 3 rings (SSSR count). The minimum atomic E-state index is -3.73. The van der Waals surface area contributed by atoms with Crippen molar-refractivity contribution in [2.75, 3.05) is 6.54 Å². The number of sulfonamides is 1. The van der Waals surface area contributed by atoms with Crippen molar-refractivity contribution in [2.45, 2.75) is 42.5 Å². The average molecular weight is 297 g/mol. The molecule has 0 bridgehead atoms. The molecular weight excluding hydrogens is 281 g/mol. The summed E-state index contributed by atoms with van der Waals surface area (Å²) >= 11 is 0. The maximum absolute atomic E-state index is 12.9. The zero-order chi connectivity index (χ0) is 14.4. The SMILES string of the molecule is O=C1CCCC12CCCN2S(=O)(=O)c1ccc(F)cc1. The molecule has 1 aliphatic carbocycles. The number of Topliss-reactive ketones (excluding diaryl/α,β-unsaturated/α-hetero) is 1. The topological polar surface area (TPSA) is 54.5 Å². The van der Waals surface area contributed by atoms with Gasteiger partial charge in [0.05, 0.1) is 10.4 Å². The van der Waals surface area contributed by atoms with Crippen molar-refractivity contribution in [3.8, 4) is 0 Å². The Balaban J connectivity index is 2.03. The number of hydrogen-bond donors (Lipinski definition) is 0. The lowest BCUT2D eigenvalue weighted by atomic mass is 9.95. The fourth-order valence-corrected chi connectivity index (χ4v) is 5.23. The summed E-state index contributed by atoms with van der Waals surface area (Å²) in [6, 6.07) is 4.78. The molecule has 4 nitrogen and oxygen atoms in total. The molecule has 1 saturated carbocycles. The van der Waals surface area contributed by atoms with Gasteiger partial charge in [-0.25, -0.2) is 12.8 Å². The standard InChI is InChI=1S/C14H16FNO3S/c15-11-4-6-12(7-5-11)20(18,19)16-10-2-9-14(16)8-1-3-13(14)17/h4-7H,1-3,8-10H2. The van der Waals surface area contributed by atoms with Crippen LogP contribution < -0.4 is 0 Å². The molecule has 1 unspecified atom stereocenters. The molecule has 0 N–H and O–H groups in total. The van der Waals surface area contributed by atoms with Gasteiger partial charge in [0, 0.05) is 13.0 Å². The predicted octanol–water partition coefficient (Wildman–Crippen LogP) is 2.10. The predicted molar refractivity (Wildman–Crippen MR) is 71.1 cm³/mol. The van der Waals surface area contributed by atoms with E-state index in [2.05, 4.69) is 0 Å². The summed E-state index contributed by atoms with van der Waals surface area (Å²) in [7, 11) is -3.73. The maximum atomic E-state index is 12.9. The Bertz CT molecular complexity index is 637. The Morgan fingerprint density at radius 2 is 1.75 bits per heavy atom. The number of ketones is 1.